The monoisotopic (exact) mass is 469 g/mol. The van der Waals surface area contributed by atoms with Gasteiger partial charge in [-0.15, -0.1) is 22.7 Å². The minimum Gasteiger partial charge on any atom is -0.316 e. The van der Waals surface area contributed by atoms with Crippen LogP contribution in [0.4, 0.5) is 5.00 Å². The van der Waals surface area contributed by atoms with Crippen LogP contribution in [-0.2, 0) is 27.7 Å². The minimum atomic E-state index is -3.57. The van der Waals surface area contributed by atoms with Crippen molar-refractivity contribution >= 4 is 55.2 Å². The first kappa shape index (κ1) is 20.8. The molecular weight excluding hydrogens is 450 g/mol. The minimum absolute atomic E-state index is 0.128. The van der Waals surface area contributed by atoms with Crippen LogP contribution in [0.2, 0.25) is 4.34 Å². The van der Waals surface area contributed by atoms with E-state index < -0.39 is 10.0 Å². The Morgan fingerprint density at radius 1 is 1.21 bits per heavy atom. The maximum Gasteiger partial charge on any atom is 0.252 e. The first-order valence-electron chi connectivity index (χ1n) is 9.51. The van der Waals surface area contributed by atoms with Crippen LogP contribution >= 0.6 is 34.3 Å². The molecule has 2 aromatic heterocycles. The molecule has 1 aliphatic carbocycles. The number of aryl methyl sites for hydroxylation is 1. The Labute approximate surface area is 183 Å². The number of nitriles is 1. The molecule has 1 fully saturated rings. The van der Waals surface area contributed by atoms with Gasteiger partial charge in [0.2, 0.25) is 5.91 Å². The number of anilines is 1. The van der Waals surface area contributed by atoms with E-state index in [-0.39, 0.29) is 16.0 Å². The summed E-state index contributed by atoms with van der Waals surface area (Å²) in [5, 5.41) is 13.1. The van der Waals surface area contributed by atoms with E-state index in [1.807, 2.05) is 0 Å². The molecule has 3 heterocycles. The third-order valence-corrected chi connectivity index (χ3v) is 10.3. The first-order chi connectivity index (χ1) is 13.9. The fraction of sp³-hybridized carbons (Fsp3) is 0.474. The predicted octanol–water partition coefficient (Wildman–Crippen LogP) is 4.25. The van der Waals surface area contributed by atoms with E-state index in [2.05, 4.69) is 11.4 Å². The zero-order valence-corrected chi connectivity index (χ0v) is 18.8. The lowest BCUT2D eigenvalue weighted by molar-refractivity contribution is -0.120. The lowest BCUT2D eigenvalue weighted by Crippen LogP contribution is -2.41. The Balaban J connectivity index is 1.41. The molecule has 6 nitrogen and oxygen atoms in total. The number of halogens is 1. The fourth-order valence-corrected chi connectivity index (χ4v) is 8.26. The quantitative estimate of drug-likeness (QED) is 0.724. The van der Waals surface area contributed by atoms with Crippen molar-refractivity contribution in [1.29, 1.82) is 5.26 Å². The summed E-state index contributed by atoms with van der Waals surface area (Å²) >= 11 is 8.42. The van der Waals surface area contributed by atoms with Gasteiger partial charge in [0.05, 0.1) is 9.90 Å². The van der Waals surface area contributed by atoms with Crippen molar-refractivity contribution in [3.63, 3.8) is 0 Å². The summed E-state index contributed by atoms with van der Waals surface area (Å²) in [6.45, 7) is 0.587. The number of hydrogen-bond donors (Lipinski definition) is 1. The number of hydrogen-bond acceptors (Lipinski definition) is 6. The average Bonchev–Trinajstić information content (AvgIpc) is 3.31. The van der Waals surface area contributed by atoms with Crippen molar-refractivity contribution in [1.82, 2.24) is 4.31 Å². The molecule has 4 rings (SSSR count). The molecule has 2 aliphatic rings. The lowest BCUT2D eigenvalue weighted by atomic mass is 9.95. The number of fused-ring (bicyclic) bond motifs is 1. The summed E-state index contributed by atoms with van der Waals surface area (Å²) in [6, 6.07) is 5.35. The van der Waals surface area contributed by atoms with Gasteiger partial charge in [0.15, 0.2) is 0 Å². The number of carbonyl (C=O) groups excluding carboxylic acids is 1. The second kappa shape index (κ2) is 8.36. The fourth-order valence-electron chi connectivity index (χ4n) is 3.91. The van der Waals surface area contributed by atoms with Crippen LogP contribution in [0.3, 0.4) is 0 Å². The summed E-state index contributed by atoms with van der Waals surface area (Å²) in [5.74, 6) is -0.393. The number of amides is 1. The highest BCUT2D eigenvalue weighted by Crippen LogP contribution is 2.38. The molecule has 0 radical (unpaired) electrons. The number of rotatable bonds is 4. The molecule has 154 valence electrons. The normalized spacial score (nSPS) is 18.2. The molecule has 0 spiro atoms. The van der Waals surface area contributed by atoms with Crippen molar-refractivity contribution < 1.29 is 13.2 Å². The largest absolute Gasteiger partial charge is 0.316 e. The van der Waals surface area contributed by atoms with Gasteiger partial charge in [0.25, 0.3) is 10.0 Å². The van der Waals surface area contributed by atoms with E-state index in [1.54, 1.807) is 6.07 Å². The lowest BCUT2D eigenvalue weighted by Gasteiger charge is -2.30. The Bertz CT molecular complexity index is 1080. The molecule has 0 unspecified atom stereocenters. The Morgan fingerprint density at radius 2 is 1.93 bits per heavy atom. The zero-order valence-electron chi connectivity index (χ0n) is 15.6. The van der Waals surface area contributed by atoms with Crippen molar-refractivity contribution in [3.8, 4) is 6.07 Å². The van der Waals surface area contributed by atoms with Crippen LogP contribution in [-0.4, -0.2) is 31.7 Å². The topological polar surface area (TPSA) is 90.3 Å². The molecule has 1 amide bonds. The molecular formula is C19H20ClN3O3S3. The van der Waals surface area contributed by atoms with Crippen molar-refractivity contribution in [2.75, 3.05) is 18.4 Å². The highest BCUT2D eigenvalue weighted by atomic mass is 35.5. The molecule has 10 heteroatoms. The molecule has 1 aliphatic heterocycles. The highest BCUT2D eigenvalue weighted by molar-refractivity contribution is 7.91. The van der Waals surface area contributed by atoms with Crippen LogP contribution in [0, 0.1) is 17.2 Å². The standard InChI is InChI=1S/C19H20ClN3O3S3/c20-16-5-6-17(28-16)29(25,26)23-9-7-12(8-10-23)18(24)22-19-14(11-21)13-3-1-2-4-15(13)27-19/h5-6,12H,1-4,7-10H2,(H,22,24). The second-order valence-corrected chi connectivity index (χ2v) is 12.2. The van der Waals surface area contributed by atoms with Gasteiger partial charge in [-0.25, -0.2) is 8.42 Å². The van der Waals surface area contributed by atoms with Crippen LogP contribution in [0.15, 0.2) is 16.3 Å². The molecule has 1 N–H and O–H groups in total. The number of nitrogens with one attached hydrogen (secondary N) is 1. The van der Waals surface area contributed by atoms with Gasteiger partial charge in [-0.05, 0) is 56.2 Å². The smallest absolute Gasteiger partial charge is 0.252 e. The van der Waals surface area contributed by atoms with Crippen LogP contribution < -0.4 is 5.32 Å². The number of nitrogens with zero attached hydrogens (tertiary/aromatic N) is 2. The summed E-state index contributed by atoms with van der Waals surface area (Å²) in [6.07, 6.45) is 4.97. The summed E-state index contributed by atoms with van der Waals surface area (Å²) < 4.78 is 27.5. The third-order valence-electron chi connectivity index (χ3n) is 5.49. The summed E-state index contributed by atoms with van der Waals surface area (Å²) in [5.41, 5.74) is 1.70. The summed E-state index contributed by atoms with van der Waals surface area (Å²) in [7, 11) is -3.57. The van der Waals surface area contributed by atoms with Gasteiger partial charge in [-0.2, -0.15) is 9.57 Å². The zero-order chi connectivity index (χ0) is 20.6. The molecule has 0 atom stereocenters. The van der Waals surface area contributed by atoms with Crippen LogP contribution in [0.25, 0.3) is 0 Å². The van der Waals surface area contributed by atoms with Crippen molar-refractivity contribution in [2.24, 2.45) is 5.92 Å². The predicted molar refractivity (Wildman–Crippen MR) is 115 cm³/mol. The van der Waals surface area contributed by atoms with Gasteiger partial charge in [0.1, 0.15) is 15.3 Å². The Hall–Kier alpha value is -1.44. The van der Waals surface area contributed by atoms with Crippen molar-refractivity contribution in [3.05, 3.63) is 32.5 Å². The Morgan fingerprint density at radius 3 is 2.59 bits per heavy atom. The maximum atomic E-state index is 12.8. The molecule has 0 saturated carbocycles. The van der Waals surface area contributed by atoms with Gasteiger partial charge >= 0.3 is 0 Å². The number of thiophene rings is 2. The van der Waals surface area contributed by atoms with Crippen molar-refractivity contribution in [2.45, 2.75) is 42.7 Å². The number of carbonyl (C=O) groups is 1. The summed E-state index contributed by atoms with van der Waals surface area (Å²) in [4.78, 5) is 14.0. The van der Waals surface area contributed by atoms with E-state index in [0.717, 1.165) is 42.6 Å². The van der Waals surface area contributed by atoms with Gasteiger partial charge < -0.3 is 5.32 Å². The average molecular weight is 470 g/mol. The van der Waals surface area contributed by atoms with Gasteiger partial charge in [-0.3, -0.25) is 4.79 Å². The highest BCUT2D eigenvalue weighted by Gasteiger charge is 2.33. The van der Waals surface area contributed by atoms with E-state index in [0.29, 0.717) is 40.8 Å². The Kier molecular flexibility index (Phi) is 6.00. The molecule has 1 saturated heterocycles. The second-order valence-electron chi connectivity index (χ2n) is 7.25. The molecule has 0 aromatic carbocycles. The third kappa shape index (κ3) is 4.09. The van der Waals surface area contributed by atoms with E-state index in [9.17, 15) is 18.5 Å². The molecule has 29 heavy (non-hydrogen) atoms. The molecule has 2 aromatic rings. The maximum absolute atomic E-state index is 12.8. The van der Waals surface area contributed by atoms with Crippen LogP contribution in [0.5, 0.6) is 0 Å². The van der Waals surface area contributed by atoms with Gasteiger partial charge in [-0.1, -0.05) is 11.6 Å². The van der Waals surface area contributed by atoms with E-state index in [4.69, 9.17) is 11.6 Å². The first-order valence-corrected chi connectivity index (χ1v) is 13.0. The van der Waals surface area contributed by atoms with E-state index in [1.165, 1.54) is 26.6 Å². The SMILES string of the molecule is N#Cc1c(NC(=O)C2CCN(S(=O)(=O)c3ccc(Cl)s3)CC2)sc2c1CCCC2. The number of sulfonamides is 1. The van der Waals surface area contributed by atoms with Gasteiger partial charge in [0, 0.05) is 23.9 Å². The van der Waals surface area contributed by atoms with Crippen LogP contribution in [0.1, 0.15) is 41.7 Å². The van der Waals surface area contributed by atoms with E-state index >= 15 is 0 Å². The number of piperidine rings is 1. The molecule has 0 bridgehead atoms.